The zero-order chi connectivity index (χ0) is 67.6. The van der Waals surface area contributed by atoms with Crippen LogP contribution in [0.5, 0.6) is 11.5 Å². The molecule has 96 heavy (non-hydrogen) atoms. The summed E-state index contributed by atoms with van der Waals surface area (Å²) in [4.78, 5) is 50.1. The summed E-state index contributed by atoms with van der Waals surface area (Å²) in [6, 6.07) is 49.7. The molecule has 1 unspecified atom stereocenters. The third-order valence-corrected chi connectivity index (χ3v) is 21.3. The van der Waals surface area contributed by atoms with E-state index in [1.165, 1.54) is 76.9 Å². The minimum absolute atomic E-state index is 0.0542. The lowest BCUT2D eigenvalue weighted by Gasteiger charge is -2.17. The van der Waals surface area contributed by atoms with Crippen LogP contribution in [0.4, 0.5) is 36.8 Å². The Morgan fingerprint density at radius 1 is 0.490 bits per heavy atom. The van der Waals surface area contributed by atoms with E-state index in [2.05, 4.69) is 45.1 Å². The maximum Gasteiger partial charge on any atom is 0.264 e. The fourth-order valence-corrected chi connectivity index (χ4v) is 16.1. The third-order valence-electron chi connectivity index (χ3n) is 14.2. The maximum absolute atomic E-state index is 13.2. The summed E-state index contributed by atoms with van der Waals surface area (Å²) in [6.45, 7) is 1.28. The van der Waals surface area contributed by atoms with Crippen molar-refractivity contribution in [3.05, 3.63) is 239 Å². The fraction of sp³-hybridized carbons (Fsp3) is 0.0606. The molecule has 488 valence electrons. The molecule has 3 amide bonds. The molecule has 0 saturated carbocycles. The van der Waals surface area contributed by atoms with Gasteiger partial charge in [-0.25, -0.2) is 44.6 Å². The van der Waals surface area contributed by atoms with Crippen molar-refractivity contribution in [2.75, 3.05) is 43.3 Å². The minimum Gasteiger partial charge on any atom is -0.484 e. The van der Waals surface area contributed by atoms with E-state index in [9.17, 15) is 44.0 Å². The Morgan fingerprint density at radius 3 is 1.43 bits per heavy atom. The number of sulfonamides is 3. The number of fused-ring (bicyclic) bond motifs is 4. The van der Waals surface area contributed by atoms with E-state index in [4.69, 9.17) is 32.7 Å². The highest BCUT2D eigenvalue weighted by Gasteiger charge is 2.25. The van der Waals surface area contributed by atoms with Crippen LogP contribution in [-0.4, -0.2) is 75.7 Å². The average Bonchev–Trinajstić information content (AvgIpc) is 0.969. The summed E-state index contributed by atoms with van der Waals surface area (Å²) in [5.41, 5.74) is 2.42. The molecule has 6 N–H and O–H groups in total. The highest BCUT2D eigenvalue weighted by Crippen LogP contribution is 2.35. The molecule has 9 aromatic carbocycles. The number of carbonyl (C=O) groups excluding carboxylic acids is 3. The van der Waals surface area contributed by atoms with Crippen molar-refractivity contribution in [3.8, 4) is 11.5 Å². The second-order valence-corrected chi connectivity index (χ2v) is 28.9. The molecule has 0 fully saturated rings. The van der Waals surface area contributed by atoms with Crippen LogP contribution in [-0.2, 0) is 44.5 Å². The smallest absolute Gasteiger partial charge is 0.264 e. The maximum atomic E-state index is 13.2. The Hall–Kier alpha value is -10.0. The van der Waals surface area contributed by atoms with Crippen LogP contribution < -0.4 is 39.6 Å². The predicted octanol–water partition coefficient (Wildman–Crippen LogP) is 14.9. The summed E-state index contributed by atoms with van der Waals surface area (Å²) in [5.74, 6) is -0.888. The number of anilines is 6. The number of amides is 3. The van der Waals surface area contributed by atoms with Crippen LogP contribution in [0.2, 0.25) is 10.0 Å². The number of carbonyl (C=O) groups is 3. The van der Waals surface area contributed by atoms with Crippen molar-refractivity contribution in [2.45, 2.75) is 27.7 Å². The van der Waals surface area contributed by atoms with Crippen molar-refractivity contribution in [2.24, 2.45) is 0 Å². The highest BCUT2D eigenvalue weighted by molar-refractivity contribution is 7.93. The first kappa shape index (κ1) is 67.4. The Kier molecular flexibility index (Phi) is 20.9. The molecule has 13 rings (SSSR count). The lowest BCUT2D eigenvalue weighted by atomic mass is 10.1. The largest absolute Gasteiger partial charge is 0.484 e. The molecule has 0 bridgehead atoms. The van der Waals surface area contributed by atoms with Gasteiger partial charge in [0.25, 0.3) is 41.9 Å². The molecular formula is C66H51Cl2FN10O11S6. The predicted molar refractivity (Wildman–Crippen MR) is 377 cm³/mol. The van der Waals surface area contributed by atoms with E-state index in [1.54, 1.807) is 137 Å². The number of hydrogen-bond donors (Lipinski definition) is 6. The van der Waals surface area contributed by atoms with E-state index in [0.29, 0.717) is 65.3 Å². The van der Waals surface area contributed by atoms with Gasteiger partial charge in [-0.15, -0.1) is 34.0 Å². The summed E-state index contributed by atoms with van der Waals surface area (Å²) in [5, 5.41) is 19.0. The number of halogens is 3. The van der Waals surface area contributed by atoms with E-state index < -0.39 is 47.8 Å². The number of rotatable bonds is 20. The number of nitrogens with one attached hydrogen (secondary N) is 6. The first-order valence-electron chi connectivity index (χ1n) is 28.4. The standard InChI is InChI=1S/C24H20N4O3S2.C21H15ClFN3O4S2.C21H16ClN3O4S2/c1-16(28-14-12-17-6-2-3-10-21(17)28)23(29)26-20-9-4-8-19-18(20)7-5-11-22(19)33(30,31)27-24-25-13-15-32-24;22-16-11-13(7-8-17(16)23)30-12-20(27)25-18-5-1-4-15-14(18)3-2-6-19(15)32(28,29)26-21-24-9-10-31-21;22-14-5-7-15(8-6-14)29-13-20(26)24-18-9-10-19(17-4-2-1-3-16(17)18)31(27,28)25-21-23-11-12-30-21/h2-16H,1H3,(H,25,27)(H,26,29);1-11H,12H2,(H,24,26)(H,25,27);1-12H,13H2,(H,23,25)(H,24,26). The molecule has 0 radical (unpaired) electrons. The SMILES string of the molecule is CC(C(=O)Nc1cccc2c(S(=O)(=O)Nc3nccs3)cccc12)n1ccc2ccccc21.O=C(COc1ccc(Cl)cc1)Nc1ccc(S(=O)(=O)Nc2nccs2)c2ccccc12.O=C(COc1ccc(F)c(Cl)c1)Nc1cccc2c(S(=O)(=O)Nc3nccs3)cccc12. The van der Waals surface area contributed by atoms with Gasteiger partial charge in [0.05, 0.1) is 19.7 Å². The quantitative estimate of drug-likeness (QED) is 0.0414. The van der Waals surface area contributed by atoms with Crippen molar-refractivity contribution in [3.63, 3.8) is 0 Å². The number of aromatic nitrogens is 4. The molecule has 1 atom stereocenters. The van der Waals surface area contributed by atoms with Gasteiger partial charge in [-0.2, -0.15) is 0 Å². The Morgan fingerprint density at radius 2 is 0.917 bits per heavy atom. The van der Waals surface area contributed by atoms with Gasteiger partial charge in [0, 0.05) is 107 Å². The van der Waals surface area contributed by atoms with Crippen LogP contribution in [0.1, 0.15) is 13.0 Å². The van der Waals surface area contributed by atoms with Gasteiger partial charge >= 0.3 is 0 Å². The summed E-state index contributed by atoms with van der Waals surface area (Å²) in [6.07, 6.45) is 6.45. The summed E-state index contributed by atoms with van der Waals surface area (Å²) < 4.78 is 111. The molecule has 13 aromatic rings. The third kappa shape index (κ3) is 16.2. The molecule has 0 aliphatic heterocycles. The Bertz CT molecular complexity index is 5350. The molecule has 4 heterocycles. The van der Waals surface area contributed by atoms with E-state index in [0.717, 1.165) is 17.0 Å². The Labute approximate surface area is 570 Å². The number of thiazole rings is 3. The van der Waals surface area contributed by atoms with Crippen LogP contribution in [0, 0.1) is 5.82 Å². The van der Waals surface area contributed by atoms with Crippen molar-refractivity contribution >= 4 is 181 Å². The normalized spacial score (nSPS) is 11.8. The monoisotopic (exact) mass is 1440 g/mol. The Balaban J connectivity index is 0.000000146. The second kappa shape index (κ2) is 29.7. The molecule has 0 aliphatic carbocycles. The van der Waals surface area contributed by atoms with Crippen LogP contribution in [0.3, 0.4) is 0 Å². The van der Waals surface area contributed by atoms with Gasteiger partial charge in [0.1, 0.15) is 23.4 Å². The molecule has 4 aromatic heterocycles. The van der Waals surface area contributed by atoms with Crippen LogP contribution in [0.15, 0.2) is 238 Å². The van der Waals surface area contributed by atoms with Crippen molar-refractivity contribution in [1.82, 2.24) is 19.5 Å². The van der Waals surface area contributed by atoms with Crippen LogP contribution >= 0.6 is 57.2 Å². The molecule has 30 heteroatoms. The number of para-hydroxylation sites is 1. The first-order valence-corrected chi connectivity index (χ1v) is 36.3. The van der Waals surface area contributed by atoms with Crippen molar-refractivity contribution in [1.29, 1.82) is 0 Å². The average molecular weight is 1440 g/mol. The minimum atomic E-state index is -3.89. The lowest BCUT2D eigenvalue weighted by molar-refractivity contribution is -0.119. The summed E-state index contributed by atoms with van der Waals surface area (Å²) >= 11 is 15.1. The summed E-state index contributed by atoms with van der Waals surface area (Å²) in [7, 11) is -11.6. The molecule has 0 saturated heterocycles. The molecular weight excluding hydrogens is 1390 g/mol. The zero-order valence-electron chi connectivity index (χ0n) is 49.7. The van der Waals surface area contributed by atoms with Gasteiger partial charge in [-0.05, 0) is 97.2 Å². The lowest BCUT2D eigenvalue weighted by Crippen LogP contribution is -2.23. The molecule has 0 spiro atoms. The van der Waals surface area contributed by atoms with Gasteiger partial charge in [0.2, 0.25) is 5.91 Å². The van der Waals surface area contributed by atoms with Gasteiger partial charge < -0.3 is 30.0 Å². The number of hydrogen-bond acceptors (Lipinski definition) is 17. The first-order chi connectivity index (χ1) is 46.2. The van der Waals surface area contributed by atoms with Gasteiger partial charge in [-0.1, -0.05) is 114 Å². The molecule has 0 aliphatic rings. The molecule has 21 nitrogen and oxygen atoms in total. The topological polar surface area (TPSA) is 288 Å². The number of benzene rings is 9. The van der Waals surface area contributed by atoms with E-state index in [-0.39, 0.29) is 60.7 Å². The number of ether oxygens (including phenoxy) is 2. The van der Waals surface area contributed by atoms with Crippen molar-refractivity contribution < 1.29 is 53.5 Å². The second-order valence-electron chi connectivity index (χ2n) is 20.4. The zero-order valence-corrected chi connectivity index (χ0v) is 56.1. The van der Waals surface area contributed by atoms with Gasteiger partial charge in [-0.3, -0.25) is 28.5 Å². The highest BCUT2D eigenvalue weighted by atomic mass is 35.5. The fourth-order valence-electron chi connectivity index (χ4n) is 9.77. The van der Waals surface area contributed by atoms with E-state index in [1.807, 2.05) is 48.0 Å². The van der Waals surface area contributed by atoms with Crippen LogP contribution in [0.25, 0.3) is 43.2 Å². The van der Waals surface area contributed by atoms with E-state index >= 15 is 0 Å². The number of nitrogens with zero attached hydrogens (tertiary/aromatic N) is 4. The van der Waals surface area contributed by atoms with Gasteiger partial charge in [0.15, 0.2) is 28.6 Å².